The Balaban J connectivity index is 2.64. The highest BCUT2D eigenvalue weighted by Crippen LogP contribution is 2.12. The first-order chi connectivity index (χ1) is 9.40. The summed E-state index contributed by atoms with van der Waals surface area (Å²) in [7, 11) is -3.40. The van der Waals surface area contributed by atoms with Crippen LogP contribution in [0, 0.1) is 17.2 Å². The zero-order valence-electron chi connectivity index (χ0n) is 11.7. The third kappa shape index (κ3) is 4.60. The largest absolute Gasteiger partial charge is 0.396 e. The summed E-state index contributed by atoms with van der Waals surface area (Å²) >= 11 is 0. The van der Waals surface area contributed by atoms with Gasteiger partial charge in [0.05, 0.1) is 22.3 Å². The third-order valence-electron chi connectivity index (χ3n) is 3.30. The molecule has 0 saturated heterocycles. The Morgan fingerprint density at radius 2 is 2.10 bits per heavy atom. The van der Waals surface area contributed by atoms with E-state index in [1.165, 1.54) is 12.1 Å². The van der Waals surface area contributed by atoms with Crippen molar-refractivity contribution in [1.29, 1.82) is 5.26 Å². The summed E-state index contributed by atoms with van der Waals surface area (Å²) in [6.45, 7) is 4.17. The molecule has 1 aromatic carbocycles. The Kier molecular flexibility index (Phi) is 6.14. The van der Waals surface area contributed by atoms with Gasteiger partial charge in [0.2, 0.25) is 0 Å². The van der Waals surface area contributed by atoms with Gasteiger partial charge in [0.1, 0.15) is 0 Å². The highest BCUT2D eigenvalue weighted by atomic mass is 32.2. The van der Waals surface area contributed by atoms with Crippen molar-refractivity contribution in [2.45, 2.75) is 24.8 Å². The van der Waals surface area contributed by atoms with Crippen LogP contribution in [0.5, 0.6) is 0 Å². The van der Waals surface area contributed by atoms with E-state index in [0.29, 0.717) is 12.1 Å². The molecule has 2 atom stereocenters. The van der Waals surface area contributed by atoms with Gasteiger partial charge in [-0.1, -0.05) is 13.0 Å². The lowest BCUT2D eigenvalue weighted by Crippen LogP contribution is -2.36. The molecule has 0 amide bonds. The Morgan fingerprint density at radius 1 is 1.40 bits per heavy atom. The Labute approximate surface area is 120 Å². The summed E-state index contributed by atoms with van der Waals surface area (Å²) in [6.07, 6.45) is 0. The Hall–Kier alpha value is -1.42. The van der Waals surface area contributed by atoms with E-state index in [0.717, 1.165) is 0 Å². The van der Waals surface area contributed by atoms with E-state index in [2.05, 4.69) is 5.32 Å². The Bertz CT molecular complexity index is 578. The third-order valence-corrected chi connectivity index (χ3v) is 5.01. The van der Waals surface area contributed by atoms with Crippen LogP contribution in [0.4, 0.5) is 0 Å². The van der Waals surface area contributed by atoms with Crippen LogP contribution in [-0.2, 0) is 9.84 Å². The van der Waals surface area contributed by atoms with Gasteiger partial charge in [-0.3, -0.25) is 0 Å². The van der Waals surface area contributed by atoms with E-state index >= 15 is 0 Å². The van der Waals surface area contributed by atoms with Gasteiger partial charge in [-0.15, -0.1) is 0 Å². The second-order valence-corrected chi connectivity index (χ2v) is 6.97. The van der Waals surface area contributed by atoms with E-state index in [1.54, 1.807) is 12.1 Å². The van der Waals surface area contributed by atoms with Gasteiger partial charge in [0.15, 0.2) is 9.84 Å². The van der Waals surface area contributed by atoms with Crippen LogP contribution in [0.25, 0.3) is 0 Å². The first-order valence-corrected chi connectivity index (χ1v) is 8.13. The van der Waals surface area contributed by atoms with Crippen molar-refractivity contribution in [2.75, 3.05) is 18.9 Å². The summed E-state index contributed by atoms with van der Waals surface area (Å²) in [5.74, 6) is 0.0318. The molecule has 1 rings (SSSR count). The number of hydrogen-bond acceptors (Lipinski definition) is 5. The van der Waals surface area contributed by atoms with Crippen molar-refractivity contribution in [2.24, 2.45) is 5.92 Å². The molecule has 0 saturated carbocycles. The van der Waals surface area contributed by atoms with Crippen LogP contribution in [0.1, 0.15) is 19.4 Å². The van der Waals surface area contributed by atoms with E-state index in [1.807, 2.05) is 19.9 Å². The Morgan fingerprint density at radius 3 is 2.70 bits per heavy atom. The lowest BCUT2D eigenvalue weighted by Gasteiger charge is -2.19. The highest BCUT2D eigenvalue weighted by Gasteiger charge is 2.16. The number of benzene rings is 1. The minimum atomic E-state index is -3.40. The van der Waals surface area contributed by atoms with E-state index < -0.39 is 9.84 Å². The summed E-state index contributed by atoms with van der Waals surface area (Å²) in [4.78, 5) is 0.168. The van der Waals surface area contributed by atoms with Crippen LogP contribution in [0.3, 0.4) is 0 Å². The molecule has 2 unspecified atom stereocenters. The number of rotatable bonds is 7. The molecule has 2 N–H and O–H groups in total. The average molecular weight is 296 g/mol. The minimum absolute atomic E-state index is 0.0373. The van der Waals surface area contributed by atoms with Crippen molar-refractivity contribution >= 4 is 9.84 Å². The van der Waals surface area contributed by atoms with Crippen LogP contribution in [0.15, 0.2) is 29.2 Å². The topological polar surface area (TPSA) is 90.2 Å². The van der Waals surface area contributed by atoms with Gasteiger partial charge >= 0.3 is 0 Å². The maximum absolute atomic E-state index is 12.1. The number of aliphatic hydroxyl groups is 1. The molecule has 0 aliphatic heterocycles. The first kappa shape index (κ1) is 16.6. The number of hydrogen-bond donors (Lipinski definition) is 2. The summed E-state index contributed by atoms with van der Waals surface area (Å²) in [5, 5.41) is 20.9. The molecule has 5 nitrogen and oxygen atoms in total. The van der Waals surface area contributed by atoms with Gasteiger partial charge < -0.3 is 10.4 Å². The minimum Gasteiger partial charge on any atom is -0.396 e. The number of sulfone groups is 1. The van der Waals surface area contributed by atoms with E-state index in [4.69, 9.17) is 10.4 Å². The van der Waals surface area contributed by atoms with Crippen molar-refractivity contribution in [3.63, 3.8) is 0 Å². The number of aliphatic hydroxyl groups excluding tert-OH is 1. The molecule has 0 radical (unpaired) electrons. The molecule has 0 aliphatic carbocycles. The molecule has 0 heterocycles. The molecule has 0 aliphatic rings. The zero-order chi connectivity index (χ0) is 15.2. The van der Waals surface area contributed by atoms with Gasteiger partial charge in [0, 0.05) is 19.2 Å². The number of nitrogens with one attached hydrogen (secondary N) is 1. The summed E-state index contributed by atoms with van der Waals surface area (Å²) < 4.78 is 24.2. The molecule has 110 valence electrons. The van der Waals surface area contributed by atoms with Gasteiger partial charge in [-0.25, -0.2) is 8.42 Å². The monoisotopic (exact) mass is 296 g/mol. The van der Waals surface area contributed by atoms with E-state index in [-0.39, 0.29) is 29.2 Å². The molecule has 1 aromatic rings. The fourth-order valence-electron chi connectivity index (χ4n) is 1.66. The van der Waals surface area contributed by atoms with Gasteiger partial charge in [-0.2, -0.15) is 5.26 Å². The molecular weight excluding hydrogens is 276 g/mol. The molecule has 0 bridgehead atoms. The lowest BCUT2D eigenvalue weighted by atomic mass is 10.1. The van der Waals surface area contributed by atoms with Gasteiger partial charge in [-0.05, 0) is 31.0 Å². The van der Waals surface area contributed by atoms with Crippen LogP contribution >= 0.6 is 0 Å². The maximum atomic E-state index is 12.1. The normalized spacial score (nSPS) is 14.5. The summed E-state index contributed by atoms with van der Waals surface area (Å²) in [6, 6.07) is 7.99. The molecule has 20 heavy (non-hydrogen) atoms. The molecule has 0 spiro atoms. The second-order valence-electron chi connectivity index (χ2n) is 4.86. The predicted molar refractivity (Wildman–Crippen MR) is 76.9 cm³/mol. The SMILES string of the molecule is CC(CO)C(C)NCCS(=O)(=O)c1cccc(C#N)c1. The molecule has 6 heteroatoms. The second kappa shape index (κ2) is 7.39. The summed E-state index contributed by atoms with van der Waals surface area (Å²) in [5.41, 5.74) is 0.335. The smallest absolute Gasteiger partial charge is 0.179 e. The van der Waals surface area contributed by atoms with Gasteiger partial charge in [0.25, 0.3) is 0 Å². The average Bonchev–Trinajstić information content (AvgIpc) is 2.46. The van der Waals surface area contributed by atoms with E-state index in [9.17, 15) is 8.42 Å². The number of nitrogens with zero attached hydrogens (tertiary/aromatic N) is 1. The maximum Gasteiger partial charge on any atom is 0.179 e. The standard InChI is InChI=1S/C14H20N2O3S/c1-11(10-17)12(2)16-6-7-20(18,19)14-5-3-4-13(8-14)9-15/h3-5,8,11-12,16-17H,6-7,10H2,1-2H3. The van der Waals surface area contributed by atoms with Crippen LogP contribution < -0.4 is 5.32 Å². The molecule has 0 aromatic heterocycles. The van der Waals surface area contributed by atoms with Crippen molar-refractivity contribution in [3.8, 4) is 6.07 Å². The van der Waals surface area contributed by atoms with Crippen molar-refractivity contribution < 1.29 is 13.5 Å². The molecule has 0 fully saturated rings. The fraction of sp³-hybridized carbons (Fsp3) is 0.500. The quantitative estimate of drug-likeness (QED) is 0.781. The van der Waals surface area contributed by atoms with Crippen molar-refractivity contribution in [1.82, 2.24) is 5.32 Å². The van der Waals surface area contributed by atoms with Crippen molar-refractivity contribution in [3.05, 3.63) is 29.8 Å². The lowest BCUT2D eigenvalue weighted by molar-refractivity contribution is 0.208. The predicted octanol–water partition coefficient (Wildman–Crippen LogP) is 0.938. The number of nitriles is 1. The van der Waals surface area contributed by atoms with Crippen LogP contribution in [-0.4, -0.2) is 38.5 Å². The van der Waals surface area contributed by atoms with Crippen LogP contribution in [0.2, 0.25) is 0 Å². The highest BCUT2D eigenvalue weighted by molar-refractivity contribution is 7.91. The molecular formula is C14H20N2O3S. The first-order valence-electron chi connectivity index (χ1n) is 6.48. The zero-order valence-corrected chi connectivity index (χ0v) is 12.5. The fourth-order valence-corrected chi connectivity index (χ4v) is 2.87.